The minimum absolute atomic E-state index is 0.0184. The number of hydrogen-bond acceptors (Lipinski definition) is 11. The molecule has 0 spiro atoms. The molecule has 1 saturated heterocycles. The van der Waals surface area contributed by atoms with E-state index >= 15 is 0 Å². The Bertz CT molecular complexity index is 1370. The number of pyridine rings is 1. The maximum Gasteiger partial charge on any atom is 0.490 e. The Labute approximate surface area is 235 Å². The van der Waals surface area contributed by atoms with Crippen molar-refractivity contribution >= 4 is 28.5 Å². The summed E-state index contributed by atoms with van der Waals surface area (Å²) < 4.78 is 49.9. The largest absolute Gasteiger partial charge is 0.490 e. The molecule has 2 aliphatic heterocycles. The van der Waals surface area contributed by atoms with Crippen LogP contribution in [0.15, 0.2) is 33.9 Å². The number of alkyl halides is 3. The molecule has 0 radical (unpaired) electrons. The number of hydrogen-bond donors (Lipinski definition) is 3. The van der Waals surface area contributed by atoms with Crippen LogP contribution in [0.1, 0.15) is 44.2 Å². The molecule has 41 heavy (non-hydrogen) atoms. The van der Waals surface area contributed by atoms with Crippen LogP contribution in [-0.4, -0.2) is 83.2 Å². The minimum atomic E-state index is -5.08. The van der Waals surface area contributed by atoms with Gasteiger partial charge in [0.05, 0.1) is 29.1 Å². The zero-order valence-electron chi connectivity index (χ0n) is 22.3. The van der Waals surface area contributed by atoms with Gasteiger partial charge in [-0.3, -0.25) is 9.19 Å². The zero-order valence-corrected chi connectivity index (χ0v) is 23.2. The van der Waals surface area contributed by atoms with E-state index < -0.39 is 22.9 Å². The Hall–Kier alpha value is -3.66. The predicted molar refractivity (Wildman–Crippen MR) is 142 cm³/mol. The first-order valence-corrected chi connectivity index (χ1v) is 14.3. The van der Waals surface area contributed by atoms with E-state index in [9.17, 15) is 22.5 Å². The molecular formula is C25H30F3N7O5S. The molecule has 1 fully saturated rings. The Morgan fingerprint density at radius 2 is 1.85 bits per heavy atom. The standard InChI is InChI=1S/C23H29N7O3S.C2HF3O2/c1-14(2)18(13-31)25-21-19-17(7-12-34(19)32)26-23(28-21)30-10-5-16(6-11-30)22-27-20(29-33-22)15-3-8-24-9-4-15;3-2(4,5)1(6)7/h3-4,8-9,14,16,18,31H,5-7,10-13H2,1-2H3,(H,25,26,28);(H,6,7)/t18-,34?;/m0./s1. The highest BCUT2D eigenvalue weighted by Crippen LogP contribution is 2.34. The number of halogens is 3. The van der Waals surface area contributed by atoms with Gasteiger partial charge in [0.1, 0.15) is 10.7 Å². The topological polar surface area (TPSA) is 167 Å². The number of rotatable bonds is 7. The Morgan fingerprint density at radius 1 is 1.20 bits per heavy atom. The number of anilines is 2. The monoisotopic (exact) mass is 597 g/mol. The molecule has 0 aromatic carbocycles. The van der Waals surface area contributed by atoms with Crippen LogP contribution in [0.5, 0.6) is 0 Å². The van der Waals surface area contributed by atoms with E-state index in [1.165, 1.54) is 0 Å². The van der Waals surface area contributed by atoms with Crippen LogP contribution in [0.25, 0.3) is 11.4 Å². The van der Waals surface area contributed by atoms with Gasteiger partial charge in [-0.1, -0.05) is 19.0 Å². The summed E-state index contributed by atoms with van der Waals surface area (Å²) >= 11 is 0. The summed E-state index contributed by atoms with van der Waals surface area (Å²) in [7, 11) is -1.12. The van der Waals surface area contributed by atoms with Crippen molar-refractivity contribution in [1.29, 1.82) is 0 Å². The molecule has 3 N–H and O–H groups in total. The van der Waals surface area contributed by atoms with Crippen LogP contribution in [0, 0.1) is 5.92 Å². The molecule has 2 aliphatic rings. The maximum atomic E-state index is 12.6. The highest BCUT2D eigenvalue weighted by atomic mass is 32.2. The number of aryl methyl sites for hydroxylation is 1. The van der Waals surface area contributed by atoms with Gasteiger partial charge in [0.25, 0.3) is 0 Å². The van der Waals surface area contributed by atoms with Crippen molar-refractivity contribution in [3.8, 4) is 11.4 Å². The number of nitrogens with zero attached hydrogens (tertiary/aromatic N) is 6. The van der Waals surface area contributed by atoms with E-state index in [1.54, 1.807) is 12.4 Å². The molecule has 0 saturated carbocycles. The average Bonchev–Trinajstić information content (AvgIpc) is 3.59. The summed E-state index contributed by atoms with van der Waals surface area (Å²) in [6.45, 7) is 5.57. The first kappa shape index (κ1) is 30.3. The highest BCUT2D eigenvalue weighted by molar-refractivity contribution is 7.85. The lowest BCUT2D eigenvalue weighted by Crippen LogP contribution is -2.35. The van der Waals surface area contributed by atoms with Crippen molar-refractivity contribution in [2.45, 2.75) is 56.1 Å². The molecule has 222 valence electrons. The van der Waals surface area contributed by atoms with Crippen molar-refractivity contribution in [1.82, 2.24) is 25.1 Å². The fourth-order valence-corrected chi connectivity index (χ4v) is 5.68. The molecule has 3 aromatic heterocycles. The molecule has 0 aliphatic carbocycles. The van der Waals surface area contributed by atoms with E-state index in [1.807, 2.05) is 26.0 Å². The molecular weight excluding hydrogens is 567 g/mol. The summed E-state index contributed by atoms with van der Waals surface area (Å²) in [5.41, 5.74) is 1.72. The molecule has 5 rings (SSSR count). The third-order valence-corrected chi connectivity index (χ3v) is 8.21. The minimum Gasteiger partial charge on any atom is -0.475 e. The second-order valence-electron chi connectivity index (χ2n) is 9.88. The number of piperidine rings is 1. The smallest absolute Gasteiger partial charge is 0.475 e. The quantitative estimate of drug-likeness (QED) is 0.365. The molecule has 12 nitrogen and oxygen atoms in total. The fraction of sp³-hybridized carbons (Fsp3) is 0.520. The summed E-state index contributed by atoms with van der Waals surface area (Å²) in [4.78, 5) is 29.9. The summed E-state index contributed by atoms with van der Waals surface area (Å²) in [6.07, 6.45) is 0.705. The number of carbonyl (C=O) groups is 1. The number of aliphatic hydroxyl groups excluding tert-OH is 1. The van der Waals surface area contributed by atoms with E-state index in [4.69, 9.17) is 24.4 Å². The number of aromatic nitrogens is 5. The molecule has 1 unspecified atom stereocenters. The van der Waals surface area contributed by atoms with Gasteiger partial charge in [-0.2, -0.15) is 23.1 Å². The lowest BCUT2D eigenvalue weighted by molar-refractivity contribution is -0.192. The van der Waals surface area contributed by atoms with E-state index in [0.717, 1.165) is 37.2 Å². The molecule has 5 heterocycles. The second-order valence-corrected chi connectivity index (χ2v) is 11.4. The molecule has 0 amide bonds. The van der Waals surface area contributed by atoms with Crippen molar-refractivity contribution in [2.24, 2.45) is 5.92 Å². The number of aliphatic hydroxyl groups is 1. The van der Waals surface area contributed by atoms with Gasteiger partial charge in [0.15, 0.2) is 0 Å². The number of carboxylic acids is 1. The van der Waals surface area contributed by atoms with Crippen LogP contribution in [-0.2, 0) is 22.0 Å². The van der Waals surface area contributed by atoms with Crippen LogP contribution in [0.4, 0.5) is 24.9 Å². The Balaban J connectivity index is 0.000000493. The summed E-state index contributed by atoms with van der Waals surface area (Å²) in [6, 6.07) is 3.56. The third kappa shape index (κ3) is 7.35. The molecule has 3 aromatic rings. The van der Waals surface area contributed by atoms with E-state index in [2.05, 4.69) is 25.3 Å². The molecule has 2 atom stereocenters. The number of nitrogens with one attached hydrogen (secondary N) is 1. The number of aliphatic carboxylic acids is 1. The maximum absolute atomic E-state index is 12.6. The van der Waals surface area contributed by atoms with Crippen molar-refractivity contribution in [3.63, 3.8) is 0 Å². The zero-order chi connectivity index (χ0) is 29.7. The van der Waals surface area contributed by atoms with Crippen molar-refractivity contribution in [2.75, 3.05) is 35.7 Å². The Kier molecular flexibility index (Phi) is 9.53. The van der Waals surface area contributed by atoms with Crippen molar-refractivity contribution in [3.05, 3.63) is 36.1 Å². The Morgan fingerprint density at radius 3 is 2.44 bits per heavy atom. The highest BCUT2D eigenvalue weighted by Gasteiger charge is 2.38. The lowest BCUT2D eigenvalue weighted by atomic mass is 9.97. The van der Waals surface area contributed by atoms with Crippen LogP contribution in [0.3, 0.4) is 0 Å². The van der Waals surface area contributed by atoms with Gasteiger partial charge in [0.2, 0.25) is 17.7 Å². The van der Waals surface area contributed by atoms with Crippen LogP contribution >= 0.6 is 0 Å². The SMILES string of the molecule is CC(C)[C@H](CO)Nc1nc(N2CCC(c3nc(-c4ccncc4)no3)CC2)nc2c1S(=O)CC2.O=C(O)C(F)(F)F. The predicted octanol–water partition coefficient (Wildman–Crippen LogP) is 3.03. The van der Waals surface area contributed by atoms with Gasteiger partial charge >= 0.3 is 12.1 Å². The third-order valence-electron chi connectivity index (χ3n) is 6.75. The first-order valence-electron chi connectivity index (χ1n) is 12.9. The fourth-order valence-electron chi connectivity index (χ4n) is 4.37. The first-order chi connectivity index (χ1) is 19.5. The lowest BCUT2D eigenvalue weighted by Gasteiger charge is -2.31. The van der Waals surface area contributed by atoms with Gasteiger partial charge in [-0.05, 0) is 30.9 Å². The van der Waals surface area contributed by atoms with Crippen LogP contribution < -0.4 is 10.2 Å². The average molecular weight is 598 g/mol. The molecule has 16 heteroatoms. The summed E-state index contributed by atoms with van der Waals surface area (Å²) in [5, 5.41) is 24.4. The van der Waals surface area contributed by atoms with Gasteiger partial charge in [-0.25, -0.2) is 9.78 Å². The second kappa shape index (κ2) is 12.9. The van der Waals surface area contributed by atoms with E-state index in [0.29, 0.717) is 40.6 Å². The number of fused-ring (bicyclic) bond motifs is 1. The van der Waals surface area contributed by atoms with E-state index in [-0.39, 0.29) is 24.5 Å². The number of carboxylic acid groups (broad SMARTS) is 1. The normalized spacial score (nSPS) is 18.0. The molecule has 0 bridgehead atoms. The van der Waals surface area contributed by atoms with Gasteiger partial charge < -0.3 is 25.0 Å². The van der Waals surface area contributed by atoms with Crippen LogP contribution in [0.2, 0.25) is 0 Å². The van der Waals surface area contributed by atoms with Gasteiger partial charge in [-0.15, -0.1) is 0 Å². The summed E-state index contributed by atoms with van der Waals surface area (Å²) in [5.74, 6) is 0.650. The van der Waals surface area contributed by atoms with Crippen molar-refractivity contribution < 1.29 is 36.9 Å². The van der Waals surface area contributed by atoms with Gasteiger partial charge in [0, 0.05) is 49.1 Å².